The lowest BCUT2D eigenvalue weighted by Crippen LogP contribution is -2.26. The van der Waals surface area contributed by atoms with Crippen LogP contribution >= 0.6 is 0 Å². The second-order valence-electron chi connectivity index (χ2n) is 10.3. The molecule has 0 radical (unpaired) electrons. The molecule has 1 unspecified atom stereocenters. The van der Waals surface area contributed by atoms with Crippen molar-refractivity contribution in [1.29, 1.82) is 0 Å². The third-order valence-corrected chi connectivity index (χ3v) is 7.25. The monoisotopic (exact) mass is 538 g/mol. The highest BCUT2D eigenvalue weighted by atomic mass is 19.1. The summed E-state index contributed by atoms with van der Waals surface area (Å²) in [5.41, 5.74) is 5.46. The number of hydrogen-bond acceptors (Lipinski definition) is 6. The van der Waals surface area contributed by atoms with Gasteiger partial charge in [-0.2, -0.15) is 5.10 Å². The predicted octanol–water partition coefficient (Wildman–Crippen LogP) is 4.67. The van der Waals surface area contributed by atoms with Gasteiger partial charge in [0, 0.05) is 54.9 Å². The second kappa shape index (κ2) is 10.9. The number of nitrogens with one attached hydrogen (secondary N) is 2. The maximum atomic E-state index is 13.8. The van der Waals surface area contributed by atoms with E-state index in [-0.39, 0.29) is 24.3 Å². The van der Waals surface area contributed by atoms with Crippen molar-refractivity contribution in [3.8, 4) is 11.3 Å². The molecule has 1 aliphatic heterocycles. The maximum absolute atomic E-state index is 13.8. The van der Waals surface area contributed by atoms with Gasteiger partial charge < -0.3 is 10.6 Å². The molecule has 40 heavy (non-hydrogen) atoms. The zero-order valence-corrected chi connectivity index (χ0v) is 22.5. The van der Waals surface area contributed by atoms with E-state index in [1.165, 1.54) is 11.6 Å². The van der Waals surface area contributed by atoms with Crippen LogP contribution in [0.1, 0.15) is 23.2 Å². The summed E-state index contributed by atoms with van der Waals surface area (Å²) >= 11 is 0. The van der Waals surface area contributed by atoms with Gasteiger partial charge in [0.1, 0.15) is 12.4 Å². The largest absolute Gasteiger partial charge is 0.363 e. The first-order chi connectivity index (χ1) is 19.4. The van der Waals surface area contributed by atoms with Crippen molar-refractivity contribution in [1.82, 2.24) is 29.0 Å². The highest BCUT2D eigenvalue weighted by molar-refractivity contribution is 5.91. The van der Waals surface area contributed by atoms with Crippen molar-refractivity contribution in [2.24, 2.45) is 0 Å². The van der Waals surface area contributed by atoms with Crippen LogP contribution in [0, 0.1) is 19.7 Å². The standard InChI is InChI=1S/C30H31FN8O/c1-20-15-39-27(23-13-33-38(17-23)19-28(40)36-26-10-6-9-25(31)21(26)2)14-32-30(39)29(34-20)35-24-11-12-37(18-24)16-22-7-4-3-5-8-22/h3-10,13-15,17,24H,11-12,16,18-19H2,1-2H3,(H,34,35)(H,36,40). The van der Waals surface area contributed by atoms with Gasteiger partial charge in [-0.05, 0) is 38.0 Å². The van der Waals surface area contributed by atoms with Crippen LogP contribution in [0.25, 0.3) is 16.9 Å². The number of amides is 1. The summed E-state index contributed by atoms with van der Waals surface area (Å²) in [7, 11) is 0. The van der Waals surface area contributed by atoms with E-state index in [9.17, 15) is 9.18 Å². The van der Waals surface area contributed by atoms with Crippen molar-refractivity contribution < 1.29 is 9.18 Å². The van der Waals surface area contributed by atoms with Crippen molar-refractivity contribution in [2.45, 2.75) is 39.4 Å². The molecule has 0 saturated carbocycles. The second-order valence-corrected chi connectivity index (χ2v) is 10.3. The summed E-state index contributed by atoms with van der Waals surface area (Å²) in [4.78, 5) is 24.5. The van der Waals surface area contributed by atoms with Crippen LogP contribution in [0.4, 0.5) is 15.9 Å². The quantitative estimate of drug-likeness (QED) is 0.298. The number of halogens is 1. The Hall–Kier alpha value is -4.57. The normalized spacial score (nSPS) is 15.5. The summed E-state index contributed by atoms with van der Waals surface area (Å²) in [6.45, 7) is 6.50. The molecule has 0 spiro atoms. The van der Waals surface area contributed by atoms with Gasteiger partial charge in [0.25, 0.3) is 0 Å². The molecule has 2 aromatic carbocycles. The lowest BCUT2D eigenvalue weighted by Gasteiger charge is -2.17. The van der Waals surface area contributed by atoms with Crippen molar-refractivity contribution >= 4 is 23.1 Å². The van der Waals surface area contributed by atoms with Crippen LogP contribution in [0.15, 0.2) is 73.3 Å². The first-order valence-corrected chi connectivity index (χ1v) is 13.4. The Kier molecular flexibility index (Phi) is 7.00. The fourth-order valence-corrected chi connectivity index (χ4v) is 5.21. The minimum Gasteiger partial charge on any atom is -0.363 e. The van der Waals surface area contributed by atoms with Crippen LogP contribution in [0.3, 0.4) is 0 Å². The Morgan fingerprint density at radius 2 is 1.93 bits per heavy atom. The SMILES string of the molecule is Cc1cn2c(-c3cnn(CC(=O)Nc4cccc(F)c4C)c3)cnc2c(NC2CCN(Cc3ccccc3)C2)n1. The third-order valence-electron chi connectivity index (χ3n) is 7.25. The Labute approximate surface area is 231 Å². The van der Waals surface area contributed by atoms with Crippen molar-refractivity contribution in [3.63, 3.8) is 0 Å². The van der Waals surface area contributed by atoms with Crippen LogP contribution in [0.5, 0.6) is 0 Å². The molecule has 1 amide bonds. The molecule has 10 heteroatoms. The lowest BCUT2D eigenvalue weighted by molar-refractivity contribution is -0.116. The molecule has 6 rings (SSSR count). The van der Waals surface area contributed by atoms with Gasteiger partial charge >= 0.3 is 0 Å². The smallest absolute Gasteiger partial charge is 0.246 e. The van der Waals surface area contributed by atoms with E-state index in [1.807, 2.05) is 29.8 Å². The van der Waals surface area contributed by atoms with Gasteiger partial charge in [-0.15, -0.1) is 0 Å². The highest BCUT2D eigenvalue weighted by Crippen LogP contribution is 2.26. The zero-order valence-electron chi connectivity index (χ0n) is 22.5. The van der Waals surface area contributed by atoms with E-state index in [1.54, 1.807) is 36.1 Å². The number of rotatable bonds is 8. The molecular weight excluding hydrogens is 507 g/mol. The molecule has 3 aromatic heterocycles. The molecular formula is C30H31FN8O. The highest BCUT2D eigenvalue weighted by Gasteiger charge is 2.24. The van der Waals surface area contributed by atoms with Crippen LogP contribution in [-0.4, -0.2) is 54.1 Å². The summed E-state index contributed by atoms with van der Waals surface area (Å²) in [5, 5.41) is 10.8. The number of aromatic nitrogens is 5. The van der Waals surface area contributed by atoms with Crippen molar-refractivity contribution in [3.05, 3.63) is 96.0 Å². The molecule has 4 heterocycles. The minimum atomic E-state index is -0.358. The number of carbonyl (C=O) groups excluding carboxylic acids is 1. The van der Waals surface area contributed by atoms with Crippen LogP contribution in [0.2, 0.25) is 0 Å². The Morgan fingerprint density at radius 3 is 2.77 bits per heavy atom. The maximum Gasteiger partial charge on any atom is 0.246 e. The summed E-state index contributed by atoms with van der Waals surface area (Å²) in [6, 6.07) is 15.4. The van der Waals surface area contributed by atoms with Gasteiger partial charge in [-0.1, -0.05) is 36.4 Å². The fraction of sp³-hybridized carbons (Fsp3) is 0.267. The number of hydrogen-bond donors (Lipinski definition) is 2. The number of imidazole rings is 1. The number of fused-ring (bicyclic) bond motifs is 1. The molecule has 1 atom stereocenters. The van der Waals surface area contributed by atoms with E-state index in [0.717, 1.165) is 54.5 Å². The number of benzene rings is 2. The minimum absolute atomic E-state index is 0.00123. The van der Waals surface area contributed by atoms with E-state index in [2.05, 4.69) is 49.9 Å². The molecule has 1 aliphatic rings. The number of anilines is 2. The topological polar surface area (TPSA) is 92.4 Å². The number of carbonyl (C=O) groups is 1. The number of nitrogens with zero attached hydrogens (tertiary/aromatic N) is 6. The summed E-state index contributed by atoms with van der Waals surface area (Å²) in [5.74, 6) is 0.115. The fourth-order valence-electron chi connectivity index (χ4n) is 5.21. The van der Waals surface area contributed by atoms with Gasteiger partial charge in [-0.25, -0.2) is 14.4 Å². The van der Waals surface area contributed by atoms with Gasteiger partial charge in [0.15, 0.2) is 11.5 Å². The third kappa shape index (κ3) is 5.43. The average molecular weight is 539 g/mol. The average Bonchev–Trinajstić information content (AvgIpc) is 3.68. The molecule has 1 saturated heterocycles. The molecule has 2 N–H and O–H groups in total. The lowest BCUT2D eigenvalue weighted by atomic mass is 10.2. The number of aryl methyl sites for hydroxylation is 1. The molecule has 0 bridgehead atoms. The molecule has 0 aliphatic carbocycles. The molecule has 9 nitrogen and oxygen atoms in total. The Bertz CT molecular complexity index is 1660. The molecule has 1 fully saturated rings. The predicted molar refractivity (Wildman–Crippen MR) is 152 cm³/mol. The van der Waals surface area contributed by atoms with E-state index >= 15 is 0 Å². The first kappa shape index (κ1) is 25.7. The van der Waals surface area contributed by atoms with Crippen LogP contribution in [-0.2, 0) is 17.9 Å². The summed E-state index contributed by atoms with van der Waals surface area (Å²) in [6.07, 6.45) is 8.31. The van der Waals surface area contributed by atoms with Crippen LogP contribution < -0.4 is 10.6 Å². The van der Waals surface area contributed by atoms with E-state index in [4.69, 9.17) is 4.98 Å². The molecule has 204 valence electrons. The van der Waals surface area contributed by atoms with E-state index in [0.29, 0.717) is 11.3 Å². The van der Waals surface area contributed by atoms with E-state index < -0.39 is 0 Å². The van der Waals surface area contributed by atoms with Crippen molar-refractivity contribution in [2.75, 3.05) is 23.7 Å². The summed E-state index contributed by atoms with van der Waals surface area (Å²) < 4.78 is 17.4. The molecule has 5 aromatic rings. The Balaban J connectivity index is 1.15. The Morgan fingerprint density at radius 1 is 1.07 bits per heavy atom. The van der Waals surface area contributed by atoms with Gasteiger partial charge in [0.2, 0.25) is 5.91 Å². The first-order valence-electron chi connectivity index (χ1n) is 13.4. The van der Waals surface area contributed by atoms with Gasteiger partial charge in [0.05, 0.1) is 23.8 Å². The zero-order chi connectivity index (χ0) is 27.6. The number of likely N-dealkylation sites (tertiary alicyclic amines) is 1. The van der Waals surface area contributed by atoms with Gasteiger partial charge in [-0.3, -0.25) is 18.8 Å².